The van der Waals surface area contributed by atoms with Gasteiger partial charge in [-0.05, 0) is 0 Å². The average molecular weight is 347 g/mol. The van der Waals surface area contributed by atoms with Crippen LogP contribution >= 0.6 is 0 Å². The molecule has 4 rings (SSSR count). The molecule has 2 unspecified atom stereocenters. The molecule has 2 heteroatoms. The van der Waals surface area contributed by atoms with E-state index >= 15 is 0 Å². The molecule has 0 amide bonds. The van der Waals surface area contributed by atoms with Crippen LogP contribution in [-0.2, 0) is 22.1 Å². The molecule has 2 atom stereocenters. The first-order valence-electron chi connectivity index (χ1n) is 8.69. The van der Waals surface area contributed by atoms with Crippen molar-refractivity contribution in [1.82, 2.24) is 0 Å². The van der Waals surface area contributed by atoms with Crippen LogP contribution in [0.15, 0.2) is 60.7 Å². The first-order valence-corrected chi connectivity index (χ1v) is 15.9. The molecule has 0 N–H and O–H groups in total. The van der Waals surface area contributed by atoms with Crippen LogP contribution in [0.2, 0.25) is 16.8 Å². The Labute approximate surface area is 151 Å². The minimum atomic E-state index is -0.583. The second-order valence-corrected chi connectivity index (χ2v) is 17.4. The molecule has 2 aromatic carbocycles. The van der Waals surface area contributed by atoms with Gasteiger partial charge >= 0.3 is 152 Å². The standard InChI is InChI=1S/C20H19Si.CH3.Sc/c1-3-7-19-15(5-1)9-11-17(19)13-21-14-18-12-10-16-6-2-4-8-20(16)18;;/h1-12,17-18,21H,13-14H2;1H3;. The van der Waals surface area contributed by atoms with Crippen molar-refractivity contribution in [3.05, 3.63) is 82.9 Å². The number of fused-ring (bicyclic) bond motifs is 2. The molecule has 0 aromatic heterocycles. The van der Waals surface area contributed by atoms with E-state index in [1.165, 1.54) is 23.2 Å². The van der Waals surface area contributed by atoms with E-state index in [-0.39, 0.29) is 22.1 Å². The van der Waals surface area contributed by atoms with Gasteiger partial charge < -0.3 is 0 Å². The van der Waals surface area contributed by atoms with Gasteiger partial charge in [0.05, 0.1) is 0 Å². The SMILES string of the molecule is [CH3][Sc][SiH](CC1C=Cc2ccccc21)CC1C=Cc2ccccc21. The zero-order chi connectivity index (χ0) is 15.6. The molecule has 0 aliphatic heterocycles. The summed E-state index contributed by atoms with van der Waals surface area (Å²) in [5, 5.41) is 0. The van der Waals surface area contributed by atoms with Crippen molar-refractivity contribution in [2.75, 3.05) is 0 Å². The van der Waals surface area contributed by atoms with Gasteiger partial charge in [0.1, 0.15) is 0 Å². The van der Waals surface area contributed by atoms with Gasteiger partial charge in [0.2, 0.25) is 0 Å². The van der Waals surface area contributed by atoms with Crippen LogP contribution in [0.25, 0.3) is 12.2 Å². The van der Waals surface area contributed by atoms with Gasteiger partial charge in [-0.25, -0.2) is 0 Å². The topological polar surface area (TPSA) is 0 Å². The van der Waals surface area contributed by atoms with Gasteiger partial charge in [0.25, 0.3) is 0 Å². The fourth-order valence-corrected chi connectivity index (χ4v) is 12.2. The fourth-order valence-electron chi connectivity index (χ4n) is 4.08. The molecule has 113 valence electrons. The molecule has 0 fully saturated rings. The summed E-state index contributed by atoms with van der Waals surface area (Å²) in [6.45, 7) is 0. The maximum atomic E-state index is 2.57. The summed E-state index contributed by atoms with van der Waals surface area (Å²) < 4.78 is 2.57. The van der Waals surface area contributed by atoms with Gasteiger partial charge in [0, 0.05) is 0 Å². The van der Waals surface area contributed by atoms with Crippen molar-refractivity contribution < 1.29 is 22.1 Å². The third kappa shape index (κ3) is 3.16. The molecule has 0 saturated heterocycles. The van der Waals surface area contributed by atoms with E-state index in [0.717, 1.165) is 0 Å². The zero-order valence-electron chi connectivity index (χ0n) is 13.7. The predicted octanol–water partition coefficient (Wildman–Crippen LogP) is 5.46. The molecule has 2 aromatic rings. The monoisotopic (exact) mass is 347 g/mol. The predicted molar refractivity (Wildman–Crippen MR) is 99.1 cm³/mol. The van der Waals surface area contributed by atoms with E-state index in [2.05, 4.69) is 77.5 Å². The Kier molecular flexibility index (Phi) is 4.63. The van der Waals surface area contributed by atoms with Crippen LogP contribution in [0.1, 0.15) is 34.1 Å². The summed E-state index contributed by atoms with van der Waals surface area (Å²) in [5.41, 5.74) is 6.07. The summed E-state index contributed by atoms with van der Waals surface area (Å²) >= 11 is -0.0274. The van der Waals surface area contributed by atoms with E-state index in [1.807, 2.05) is 0 Å². The van der Waals surface area contributed by atoms with E-state index in [9.17, 15) is 0 Å². The van der Waals surface area contributed by atoms with Crippen molar-refractivity contribution in [3.63, 3.8) is 0 Å². The second kappa shape index (κ2) is 6.86. The van der Waals surface area contributed by atoms with Crippen LogP contribution in [0, 0.1) is 0 Å². The Morgan fingerprint density at radius 3 is 1.74 bits per heavy atom. The number of rotatable bonds is 5. The van der Waals surface area contributed by atoms with Gasteiger partial charge in [-0.3, -0.25) is 0 Å². The van der Waals surface area contributed by atoms with Crippen molar-refractivity contribution in [2.45, 2.75) is 28.6 Å². The van der Waals surface area contributed by atoms with Crippen molar-refractivity contribution in [1.29, 1.82) is 0 Å². The third-order valence-corrected chi connectivity index (χ3v) is 15.5. The molecule has 0 radical (unpaired) electrons. The van der Waals surface area contributed by atoms with E-state index in [0.29, 0.717) is 11.8 Å². The normalized spacial score (nSPS) is 21.8. The van der Waals surface area contributed by atoms with E-state index in [1.54, 1.807) is 11.1 Å². The Balaban J connectivity index is 1.47. The molecular formula is C21H22ScSi. The third-order valence-electron chi connectivity index (χ3n) is 5.39. The minimum absolute atomic E-state index is 0.0274. The van der Waals surface area contributed by atoms with Gasteiger partial charge in [0.15, 0.2) is 0 Å². The first kappa shape index (κ1) is 15.5. The van der Waals surface area contributed by atoms with Gasteiger partial charge in [-0.1, -0.05) is 0 Å². The summed E-state index contributed by atoms with van der Waals surface area (Å²) in [5.74, 6) is 0.835. The van der Waals surface area contributed by atoms with Crippen LogP contribution in [0.3, 0.4) is 0 Å². The van der Waals surface area contributed by atoms with Gasteiger partial charge in [-0.15, -0.1) is 0 Å². The molecule has 2 aliphatic carbocycles. The molecule has 0 heterocycles. The van der Waals surface area contributed by atoms with Crippen molar-refractivity contribution in [2.24, 2.45) is 0 Å². The summed E-state index contributed by atoms with van der Waals surface area (Å²) in [4.78, 5) is 0. The van der Waals surface area contributed by atoms with E-state index in [4.69, 9.17) is 0 Å². The molecule has 0 bridgehead atoms. The zero-order valence-corrected chi connectivity index (χ0v) is 16.6. The van der Waals surface area contributed by atoms with E-state index < -0.39 is 5.98 Å². The Morgan fingerprint density at radius 2 is 1.26 bits per heavy atom. The second-order valence-electron chi connectivity index (χ2n) is 6.75. The molecule has 0 nitrogen and oxygen atoms in total. The Morgan fingerprint density at radius 1 is 0.783 bits per heavy atom. The fraction of sp³-hybridized carbons (Fsp3) is 0.238. The van der Waals surface area contributed by atoms with Crippen LogP contribution in [0.4, 0.5) is 0 Å². The summed E-state index contributed by atoms with van der Waals surface area (Å²) in [6.07, 6.45) is 9.62. The van der Waals surface area contributed by atoms with Crippen molar-refractivity contribution >= 4 is 18.1 Å². The van der Waals surface area contributed by atoms with Crippen LogP contribution < -0.4 is 0 Å². The molecule has 2 aliphatic rings. The molecule has 23 heavy (non-hydrogen) atoms. The van der Waals surface area contributed by atoms with Crippen LogP contribution in [-0.4, -0.2) is 5.98 Å². The number of allylic oxidation sites excluding steroid dienone is 2. The van der Waals surface area contributed by atoms with Gasteiger partial charge in [-0.2, -0.15) is 0 Å². The molecule has 0 saturated carbocycles. The quantitative estimate of drug-likeness (QED) is 0.630. The molecule has 0 spiro atoms. The number of benzene rings is 2. The Bertz CT molecular complexity index is 698. The Hall–Kier alpha value is -0.993. The summed E-state index contributed by atoms with van der Waals surface area (Å²) in [7, 11) is 0. The summed E-state index contributed by atoms with van der Waals surface area (Å²) in [6, 6.07) is 20.9. The average Bonchev–Trinajstić information content (AvgIpc) is 3.19. The maximum absolute atomic E-state index is 2.57. The number of hydrogen-bond acceptors (Lipinski definition) is 0. The number of hydrogen-bond donors (Lipinski definition) is 0. The van der Waals surface area contributed by atoms with Crippen molar-refractivity contribution in [3.8, 4) is 0 Å². The molecular weight excluding hydrogens is 325 g/mol. The van der Waals surface area contributed by atoms with Crippen LogP contribution in [0.5, 0.6) is 0 Å². The first-order chi connectivity index (χ1) is 11.3.